The van der Waals surface area contributed by atoms with Crippen molar-refractivity contribution in [3.63, 3.8) is 0 Å². The van der Waals surface area contributed by atoms with Crippen molar-refractivity contribution in [3.8, 4) is 0 Å². The lowest BCUT2D eigenvalue weighted by atomic mass is 9.93. The summed E-state index contributed by atoms with van der Waals surface area (Å²) in [6.45, 7) is 0.640. The lowest BCUT2D eigenvalue weighted by Crippen LogP contribution is -2.52. The van der Waals surface area contributed by atoms with Crippen LogP contribution in [-0.4, -0.2) is 60.3 Å². The van der Waals surface area contributed by atoms with Gasteiger partial charge >= 0.3 is 5.97 Å². The Kier molecular flexibility index (Phi) is 5.81. The van der Waals surface area contributed by atoms with Crippen LogP contribution in [0.2, 0.25) is 0 Å². The van der Waals surface area contributed by atoms with E-state index in [1.54, 1.807) is 0 Å². The molecule has 1 atom stereocenters. The summed E-state index contributed by atoms with van der Waals surface area (Å²) in [4.78, 5) is 25.3. The van der Waals surface area contributed by atoms with Crippen LogP contribution in [0.1, 0.15) is 32.1 Å². The molecule has 0 saturated carbocycles. The molecule has 1 aromatic rings. The molecule has 1 amide bonds. The monoisotopic (exact) mass is 398 g/mol. The topological polar surface area (TPSA) is 95.0 Å². The summed E-state index contributed by atoms with van der Waals surface area (Å²) in [6.07, 6.45) is 2.60. The third kappa shape index (κ3) is 3.98. The minimum atomic E-state index is -3.95. The summed E-state index contributed by atoms with van der Waals surface area (Å²) in [5.74, 6) is -2.42. The summed E-state index contributed by atoms with van der Waals surface area (Å²) >= 11 is 0. The molecule has 0 unspecified atom stereocenters. The van der Waals surface area contributed by atoms with Crippen LogP contribution in [0.15, 0.2) is 29.2 Å². The average molecular weight is 398 g/mol. The van der Waals surface area contributed by atoms with Gasteiger partial charge in [0.25, 0.3) is 0 Å². The second-order valence-corrected chi connectivity index (χ2v) is 8.90. The zero-order valence-electron chi connectivity index (χ0n) is 14.9. The molecule has 27 heavy (non-hydrogen) atoms. The predicted octanol–water partition coefficient (Wildman–Crippen LogP) is 1.69. The Balaban J connectivity index is 1.67. The molecule has 3 rings (SSSR count). The number of sulfonamides is 1. The van der Waals surface area contributed by atoms with Crippen molar-refractivity contribution in [2.45, 2.75) is 43.0 Å². The van der Waals surface area contributed by atoms with Gasteiger partial charge in [0.1, 0.15) is 16.8 Å². The first-order chi connectivity index (χ1) is 12.8. The standard InChI is InChI=1S/C18H23FN2O5S/c19-14-5-1-2-7-16(14)27(25,26)20-11-8-13(9-12-20)17(22)21-10-4-3-6-15(21)18(23)24/h1-2,5,7,13,15H,3-4,6,8-12H2,(H,23,24)/t15-/m1/s1. The van der Waals surface area contributed by atoms with E-state index in [-0.39, 0.29) is 23.9 Å². The van der Waals surface area contributed by atoms with Gasteiger partial charge in [-0.2, -0.15) is 4.31 Å². The van der Waals surface area contributed by atoms with Crippen LogP contribution in [0.4, 0.5) is 4.39 Å². The van der Waals surface area contributed by atoms with E-state index in [2.05, 4.69) is 0 Å². The second kappa shape index (κ2) is 7.93. The molecule has 2 aliphatic heterocycles. The number of carbonyl (C=O) groups excluding carboxylic acids is 1. The van der Waals surface area contributed by atoms with E-state index in [0.717, 1.165) is 18.9 Å². The van der Waals surface area contributed by atoms with E-state index in [0.29, 0.717) is 25.8 Å². The Morgan fingerprint density at radius 3 is 2.33 bits per heavy atom. The van der Waals surface area contributed by atoms with Crippen LogP contribution < -0.4 is 0 Å². The van der Waals surface area contributed by atoms with E-state index >= 15 is 0 Å². The second-order valence-electron chi connectivity index (χ2n) is 6.99. The van der Waals surface area contributed by atoms with Crippen LogP contribution in [0.25, 0.3) is 0 Å². The molecule has 0 aromatic heterocycles. The molecule has 2 heterocycles. The summed E-state index contributed by atoms with van der Waals surface area (Å²) in [5, 5.41) is 9.34. The quantitative estimate of drug-likeness (QED) is 0.833. The first-order valence-corrected chi connectivity index (χ1v) is 10.5. The van der Waals surface area contributed by atoms with Crippen LogP contribution in [0.5, 0.6) is 0 Å². The van der Waals surface area contributed by atoms with Gasteiger partial charge in [0.2, 0.25) is 15.9 Å². The molecule has 0 aliphatic carbocycles. The largest absolute Gasteiger partial charge is 0.480 e. The van der Waals surface area contributed by atoms with Crippen molar-refractivity contribution in [2.75, 3.05) is 19.6 Å². The Labute approximate surface area is 157 Å². The molecular weight excluding hydrogens is 375 g/mol. The number of likely N-dealkylation sites (tertiary alicyclic amines) is 1. The van der Waals surface area contributed by atoms with Crippen molar-refractivity contribution in [2.24, 2.45) is 5.92 Å². The third-order valence-corrected chi connectivity index (χ3v) is 7.26. The summed E-state index contributed by atoms with van der Waals surface area (Å²) < 4.78 is 40.4. The van der Waals surface area contributed by atoms with Gasteiger partial charge in [-0.1, -0.05) is 12.1 Å². The van der Waals surface area contributed by atoms with Crippen LogP contribution in [0.3, 0.4) is 0 Å². The Morgan fingerprint density at radius 1 is 1.04 bits per heavy atom. The smallest absolute Gasteiger partial charge is 0.326 e. The normalized spacial score (nSPS) is 22.6. The average Bonchev–Trinajstić information content (AvgIpc) is 2.67. The fraction of sp³-hybridized carbons (Fsp3) is 0.556. The summed E-state index contributed by atoms with van der Waals surface area (Å²) in [5.41, 5.74) is 0. The minimum absolute atomic E-state index is 0.110. The molecule has 7 nitrogen and oxygen atoms in total. The molecule has 0 bridgehead atoms. The minimum Gasteiger partial charge on any atom is -0.480 e. The van der Waals surface area contributed by atoms with Gasteiger partial charge in [-0.3, -0.25) is 4.79 Å². The lowest BCUT2D eigenvalue weighted by Gasteiger charge is -2.38. The Bertz CT molecular complexity index is 821. The third-order valence-electron chi connectivity index (χ3n) is 5.33. The number of halogens is 1. The summed E-state index contributed by atoms with van der Waals surface area (Å²) in [6, 6.07) is 4.43. The maximum absolute atomic E-state index is 13.9. The molecule has 1 aromatic carbocycles. The van der Waals surface area contributed by atoms with Gasteiger partial charge in [-0.15, -0.1) is 0 Å². The van der Waals surface area contributed by atoms with Crippen molar-refractivity contribution >= 4 is 21.9 Å². The number of carboxylic acid groups (broad SMARTS) is 1. The van der Waals surface area contributed by atoms with E-state index < -0.39 is 33.8 Å². The number of nitrogens with zero attached hydrogens (tertiary/aromatic N) is 2. The molecular formula is C18H23FN2O5S. The number of amides is 1. The maximum atomic E-state index is 13.9. The van der Waals surface area contributed by atoms with Crippen LogP contribution in [-0.2, 0) is 19.6 Å². The van der Waals surface area contributed by atoms with E-state index in [1.165, 1.54) is 27.4 Å². The molecule has 0 radical (unpaired) electrons. The molecule has 2 aliphatic rings. The van der Waals surface area contributed by atoms with Gasteiger partial charge in [-0.25, -0.2) is 17.6 Å². The van der Waals surface area contributed by atoms with Crippen molar-refractivity contribution in [1.82, 2.24) is 9.21 Å². The Morgan fingerprint density at radius 2 is 1.70 bits per heavy atom. The van der Waals surface area contributed by atoms with Crippen LogP contribution >= 0.6 is 0 Å². The number of carboxylic acids is 1. The van der Waals surface area contributed by atoms with E-state index in [1.807, 2.05) is 0 Å². The number of rotatable bonds is 4. The highest BCUT2D eigenvalue weighted by atomic mass is 32.2. The van der Waals surface area contributed by atoms with Crippen LogP contribution in [0, 0.1) is 11.7 Å². The van der Waals surface area contributed by atoms with Crippen molar-refractivity contribution in [3.05, 3.63) is 30.1 Å². The van der Waals surface area contributed by atoms with Crippen molar-refractivity contribution in [1.29, 1.82) is 0 Å². The number of benzene rings is 1. The highest BCUT2D eigenvalue weighted by Gasteiger charge is 2.38. The zero-order valence-corrected chi connectivity index (χ0v) is 15.7. The SMILES string of the molecule is O=C(O)[C@H]1CCCCN1C(=O)C1CCN(S(=O)(=O)c2ccccc2F)CC1. The number of hydrogen-bond donors (Lipinski definition) is 1. The van der Waals surface area contributed by atoms with Gasteiger partial charge in [-0.05, 0) is 44.2 Å². The molecule has 148 valence electrons. The van der Waals surface area contributed by atoms with Gasteiger partial charge < -0.3 is 10.0 Å². The molecule has 9 heteroatoms. The maximum Gasteiger partial charge on any atom is 0.326 e. The molecule has 2 saturated heterocycles. The Hall–Kier alpha value is -2.00. The zero-order chi connectivity index (χ0) is 19.6. The number of piperidine rings is 2. The van der Waals surface area contributed by atoms with Gasteiger partial charge in [0, 0.05) is 25.6 Å². The van der Waals surface area contributed by atoms with Gasteiger partial charge in [0.05, 0.1) is 0 Å². The number of aliphatic carboxylic acids is 1. The first kappa shape index (κ1) is 19.8. The fourth-order valence-corrected chi connectivity index (χ4v) is 5.36. The molecule has 2 fully saturated rings. The highest BCUT2D eigenvalue weighted by molar-refractivity contribution is 7.89. The van der Waals surface area contributed by atoms with E-state index in [9.17, 15) is 27.5 Å². The van der Waals surface area contributed by atoms with Gasteiger partial charge in [0.15, 0.2) is 0 Å². The predicted molar refractivity (Wildman–Crippen MR) is 94.9 cm³/mol. The molecule has 0 spiro atoms. The first-order valence-electron chi connectivity index (χ1n) is 9.10. The lowest BCUT2D eigenvalue weighted by molar-refractivity contribution is -0.154. The number of hydrogen-bond acceptors (Lipinski definition) is 4. The molecule has 1 N–H and O–H groups in total. The highest BCUT2D eigenvalue weighted by Crippen LogP contribution is 2.28. The summed E-state index contributed by atoms with van der Waals surface area (Å²) in [7, 11) is -3.95. The van der Waals surface area contributed by atoms with Crippen molar-refractivity contribution < 1.29 is 27.5 Å². The van der Waals surface area contributed by atoms with E-state index in [4.69, 9.17) is 0 Å². The number of carbonyl (C=O) groups is 2. The fourth-order valence-electron chi connectivity index (χ4n) is 3.82.